The highest BCUT2D eigenvalue weighted by atomic mass is 35.5. The number of aromatic carboxylic acids is 1. The number of carboxylic acids is 1. The SMILES string of the molecule is O=C(O)c1ccc(N2CCN(Cc3ccccc3-c3ccc(Cl)cc3)CC2)cc1Oc1cccc(Cl)c1. The molecule has 0 atom stereocenters. The normalized spacial score (nSPS) is 13.9. The summed E-state index contributed by atoms with van der Waals surface area (Å²) in [7, 11) is 0. The van der Waals surface area contributed by atoms with E-state index in [9.17, 15) is 9.90 Å². The predicted molar refractivity (Wildman–Crippen MR) is 149 cm³/mol. The van der Waals surface area contributed by atoms with Crippen LogP contribution in [-0.4, -0.2) is 42.2 Å². The molecule has 0 aliphatic carbocycles. The molecule has 0 amide bonds. The van der Waals surface area contributed by atoms with Gasteiger partial charge in [0.15, 0.2) is 0 Å². The van der Waals surface area contributed by atoms with Crippen molar-refractivity contribution in [3.05, 3.63) is 112 Å². The van der Waals surface area contributed by atoms with Crippen LogP contribution < -0.4 is 9.64 Å². The van der Waals surface area contributed by atoms with Crippen molar-refractivity contribution >= 4 is 34.9 Å². The third kappa shape index (κ3) is 6.08. The molecule has 0 radical (unpaired) electrons. The molecule has 0 aromatic heterocycles. The third-order valence-corrected chi connectivity index (χ3v) is 7.01. The molecule has 1 aliphatic rings. The summed E-state index contributed by atoms with van der Waals surface area (Å²) in [6.45, 7) is 4.28. The molecule has 5 rings (SSSR count). The minimum Gasteiger partial charge on any atom is -0.478 e. The van der Waals surface area contributed by atoms with E-state index in [0.717, 1.165) is 49.0 Å². The zero-order valence-electron chi connectivity index (χ0n) is 20.1. The fourth-order valence-corrected chi connectivity index (χ4v) is 4.91. The van der Waals surface area contributed by atoms with E-state index in [-0.39, 0.29) is 5.56 Å². The maximum absolute atomic E-state index is 11.8. The van der Waals surface area contributed by atoms with Crippen molar-refractivity contribution in [1.29, 1.82) is 0 Å². The lowest BCUT2D eigenvalue weighted by Crippen LogP contribution is -2.46. The second-order valence-corrected chi connectivity index (χ2v) is 9.85. The Labute approximate surface area is 226 Å². The van der Waals surface area contributed by atoms with Gasteiger partial charge >= 0.3 is 5.97 Å². The van der Waals surface area contributed by atoms with Crippen molar-refractivity contribution in [3.63, 3.8) is 0 Å². The van der Waals surface area contributed by atoms with E-state index in [1.54, 1.807) is 36.4 Å². The molecular weight excluding hydrogens is 507 g/mol. The van der Waals surface area contributed by atoms with Gasteiger partial charge in [0.1, 0.15) is 17.1 Å². The van der Waals surface area contributed by atoms with Crippen LogP contribution in [0.4, 0.5) is 5.69 Å². The van der Waals surface area contributed by atoms with Crippen LogP contribution in [0.2, 0.25) is 10.0 Å². The summed E-state index contributed by atoms with van der Waals surface area (Å²) in [5, 5.41) is 10.9. The van der Waals surface area contributed by atoms with Crippen LogP contribution in [0.15, 0.2) is 91.0 Å². The van der Waals surface area contributed by atoms with Gasteiger partial charge in [-0.2, -0.15) is 0 Å². The van der Waals surface area contributed by atoms with E-state index in [4.69, 9.17) is 27.9 Å². The average molecular weight is 533 g/mol. The molecule has 0 saturated carbocycles. The summed E-state index contributed by atoms with van der Waals surface area (Å²) < 4.78 is 5.94. The molecule has 0 bridgehead atoms. The largest absolute Gasteiger partial charge is 0.478 e. The smallest absolute Gasteiger partial charge is 0.339 e. The summed E-state index contributed by atoms with van der Waals surface area (Å²) in [5.41, 5.74) is 4.70. The van der Waals surface area contributed by atoms with E-state index >= 15 is 0 Å². The van der Waals surface area contributed by atoms with Crippen molar-refractivity contribution in [2.24, 2.45) is 0 Å². The summed E-state index contributed by atoms with van der Waals surface area (Å²) in [6, 6.07) is 28.6. The quantitative estimate of drug-likeness (QED) is 0.267. The lowest BCUT2D eigenvalue weighted by molar-refractivity contribution is 0.0694. The number of nitrogens with zero attached hydrogens (tertiary/aromatic N) is 2. The first-order valence-electron chi connectivity index (χ1n) is 12.1. The minimum absolute atomic E-state index is 0.112. The molecule has 1 fully saturated rings. The lowest BCUT2D eigenvalue weighted by Gasteiger charge is -2.36. The number of carboxylic acid groups (broad SMARTS) is 1. The van der Waals surface area contributed by atoms with Crippen LogP contribution in [0.5, 0.6) is 11.5 Å². The molecule has 0 spiro atoms. The summed E-state index contributed by atoms with van der Waals surface area (Å²) in [6.07, 6.45) is 0. The van der Waals surface area contributed by atoms with Crippen molar-refractivity contribution in [3.8, 4) is 22.6 Å². The lowest BCUT2D eigenvalue weighted by atomic mass is 9.99. The second kappa shape index (κ2) is 11.3. The van der Waals surface area contributed by atoms with Crippen LogP contribution >= 0.6 is 23.2 Å². The molecule has 37 heavy (non-hydrogen) atoms. The molecule has 5 nitrogen and oxygen atoms in total. The zero-order chi connectivity index (χ0) is 25.8. The third-order valence-electron chi connectivity index (χ3n) is 6.52. The monoisotopic (exact) mass is 532 g/mol. The van der Waals surface area contributed by atoms with Crippen LogP contribution in [0.3, 0.4) is 0 Å². The standard InChI is InChI=1S/C30H26Cl2N2O3/c31-23-10-8-21(9-11-23)27-7-2-1-4-22(27)20-33-14-16-34(17-15-33)25-12-13-28(30(35)36)29(19-25)37-26-6-3-5-24(32)18-26/h1-13,18-19H,14-17,20H2,(H,35,36). The Balaban J connectivity index is 1.28. The highest BCUT2D eigenvalue weighted by Crippen LogP contribution is 2.32. The van der Waals surface area contributed by atoms with Crippen molar-refractivity contribution in [2.45, 2.75) is 6.54 Å². The molecular formula is C30H26Cl2N2O3. The number of carbonyl (C=O) groups is 1. The van der Waals surface area contributed by atoms with Gasteiger partial charge in [-0.15, -0.1) is 0 Å². The number of hydrogen-bond acceptors (Lipinski definition) is 4. The van der Waals surface area contributed by atoms with E-state index < -0.39 is 5.97 Å². The molecule has 188 valence electrons. The maximum atomic E-state index is 11.8. The molecule has 1 N–H and O–H groups in total. The molecule has 4 aromatic carbocycles. The first kappa shape index (κ1) is 25.2. The zero-order valence-corrected chi connectivity index (χ0v) is 21.6. The number of halogens is 2. The molecule has 0 unspecified atom stereocenters. The number of benzene rings is 4. The van der Waals surface area contributed by atoms with E-state index in [2.05, 4.69) is 46.2 Å². The number of anilines is 1. The minimum atomic E-state index is -1.03. The molecule has 1 saturated heterocycles. The van der Waals surface area contributed by atoms with E-state index in [1.807, 2.05) is 18.2 Å². The van der Waals surface area contributed by atoms with Crippen LogP contribution in [0.25, 0.3) is 11.1 Å². The highest BCUT2D eigenvalue weighted by Gasteiger charge is 2.21. The van der Waals surface area contributed by atoms with Crippen molar-refractivity contribution in [1.82, 2.24) is 4.90 Å². The van der Waals surface area contributed by atoms with Gasteiger partial charge in [0, 0.05) is 54.5 Å². The molecule has 7 heteroatoms. The van der Waals surface area contributed by atoms with Gasteiger partial charge < -0.3 is 14.7 Å². The number of hydrogen-bond donors (Lipinski definition) is 1. The Morgan fingerprint density at radius 1 is 0.811 bits per heavy atom. The Morgan fingerprint density at radius 3 is 2.30 bits per heavy atom. The number of rotatable bonds is 7. The van der Waals surface area contributed by atoms with E-state index in [1.165, 1.54) is 11.1 Å². The topological polar surface area (TPSA) is 53.0 Å². The van der Waals surface area contributed by atoms with Crippen LogP contribution in [0, 0.1) is 0 Å². The van der Waals surface area contributed by atoms with Gasteiger partial charge in [-0.1, -0.05) is 65.7 Å². The maximum Gasteiger partial charge on any atom is 0.339 e. The summed E-state index contributed by atoms with van der Waals surface area (Å²) >= 11 is 12.2. The second-order valence-electron chi connectivity index (χ2n) is 8.97. The highest BCUT2D eigenvalue weighted by molar-refractivity contribution is 6.31. The molecule has 1 heterocycles. The Bertz CT molecular complexity index is 1400. The number of piperazine rings is 1. The molecule has 1 aliphatic heterocycles. The van der Waals surface area contributed by atoms with Crippen molar-refractivity contribution in [2.75, 3.05) is 31.1 Å². The Kier molecular flexibility index (Phi) is 7.65. The van der Waals surface area contributed by atoms with Crippen LogP contribution in [-0.2, 0) is 6.54 Å². The summed E-state index contributed by atoms with van der Waals surface area (Å²) in [5.74, 6) is -0.240. The Morgan fingerprint density at radius 2 is 1.57 bits per heavy atom. The van der Waals surface area contributed by atoms with Gasteiger partial charge in [0.05, 0.1) is 0 Å². The summed E-state index contributed by atoms with van der Waals surface area (Å²) in [4.78, 5) is 16.5. The number of ether oxygens (including phenoxy) is 1. The fourth-order valence-electron chi connectivity index (χ4n) is 4.60. The first-order chi connectivity index (χ1) is 18.0. The van der Waals surface area contributed by atoms with Gasteiger partial charge in [-0.05, 0) is 59.2 Å². The van der Waals surface area contributed by atoms with E-state index in [0.29, 0.717) is 16.5 Å². The van der Waals surface area contributed by atoms with Gasteiger partial charge in [-0.3, -0.25) is 4.90 Å². The predicted octanol–water partition coefficient (Wildman–Crippen LogP) is 7.47. The van der Waals surface area contributed by atoms with Gasteiger partial charge in [0.2, 0.25) is 0 Å². The molecule has 4 aromatic rings. The first-order valence-corrected chi connectivity index (χ1v) is 12.8. The van der Waals surface area contributed by atoms with Gasteiger partial charge in [-0.25, -0.2) is 4.79 Å². The average Bonchev–Trinajstić information content (AvgIpc) is 2.90. The van der Waals surface area contributed by atoms with Crippen LogP contribution in [0.1, 0.15) is 15.9 Å². The van der Waals surface area contributed by atoms with Gasteiger partial charge in [0.25, 0.3) is 0 Å². The Hall–Kier alpha value is -3.51. The fraction of sp³-hybridized carbons (Fsp3) is 0.167. The van der Waals surface area contributed by atoms with Crippen molar-refractivity contribution < 1.29 is 14.6 Å².